The lowest BCUT2D eigenvalue weighted by Gasteiger charge is -2.40. The number of nitrogens with one attached hydrogen (secondary N) is 4. The molecule has 2 aliphatic carbocycles. The van der Waals surface area contributed by atoms with Crippen molar-refractivity contribution in [3.63, 3.8) is 0 Å². The molecule has 2 aliphatic rings. The third-order valence-corrected chi connectivity index (χ3v) is 12.6. The summed E-state index contributed by atoms with van der Waals surface area (Å²) >= 11 is 0. The lowest BCUT2D eigenvalue weighted by atomic mass is 9.69. The van der Waals surface area contributed by atoms with E-state index in [1.807, 2.05) is 20.8 Å². The lowest BCUT2D eigenvalue weighted by molar-refractivity contribution is -0.145. The van der Waals surface area contributed by atoms with Crippen LogP contribution >= 0.6 is 0 Å². The summed E-state index contributed by atoms with van der Waals surface area (Å²) in [5.74, 6) is -0.0816. The first-order valence-electron chi connectivity index (χ1n) is 24.6. The molecule has 8 atom stereocenters. The molecule has 0 radical (unpaired) electrons. The largest absolute Gasteiger partial charge is 0.464 e. The van der Waals surface area contributed by atoms with E-state index in [9.17, 15) is 24.0 Å². The molecule has 17 nitrogen and oxygen atoms in total. The van der Waals surface area contributed by atoms with Gasteiger partial charge < -0.3 is 54.4 Å². The number of rotatable bonds is 30. The zero-order valence-electron chi connectivity index (χ0n) is 43.1. The summed E-state index contributed by atoms with van der Waals surface area (Å²) in [6.45, 7) is 25.8. The predicted molar refractivity (Wildman–Crippen MR) is 254 cm³/mol. The summed E-state index contributed by atoms with van der Waals surface area (Å²) in [6.07, 6.45) is 6.11. The van der Waals surface area contributed by atoms with Crippen LogP contribution in [0.1, 0.15) is 140 Å². The number of nitrogens with zero attached hydrogens (tertiary/aromatic N) is 1. The second kappa shape index (κ2) is 29.6. The normalized spacial score (nSPS) is 22.3. The molecule has 4 N–H and O–H groups in total. The maximum Gasteiger partial charge on any atom is 0.407 e. The summed E-state index contributed by atoms with van der Waals surface area (Å²) in [5.41, 5.74) is -0.981. The molecule has 0 aromatic carbocycles. The van der Waals surface area contributed by atoms with E-state index in [-0.39, 0.29) is 85.1 Å². The quantitative estimate of drug-likeness (QED) is 0.0267. The minimum Gasteiger partial charge on any atom is -0.464 e. The third-order valence-electron chi connectivity index (χ3n) is 12.6. The first kappa shape index (κ1) is 58.9. The zero-order chi connectivity index (χ0) is 49.5. The van der Waals surface area contributed by atoms with Crippen molar-refractivity contribution in [2.75, 3.05) is 80.0 Å². The fourth-order valence-electron chi connectivity index (χ4n) is 9.26. The molecule has 0 heterocycles. The number of methoxy groups -OCH3 is 1. The van der Waals surface area contributed by atoms with E-state index in [0.717, 1.165) is 38.5 Å². The molecule has 0 aromatic rings. The van der Waals surface area contributed by atoms with Crippen LogP contribution in [0.4, 0.5) is 9.59 Å². The molecule has 66 heavy (non-hydrogen) atoms. The Kier molecular flexibility index (Phi) is 26.4. The second-order valence-corrected chi connectivity index (χ2v) is 21.1. The Hall–Kier alpha value is -3.25. The number of carbonyl (C=O) groups is 5. The van der Waals surface area contributed by atoms with E-state index < -0.39 is 29.8 Å². The van der Waals surface area contributed by atoms with Gasteiger partial charge in [0.05, 0.1) is 45.2 Å². The van der Waals surface area contributed by atoms with Crippen LogP contribution in [-0.4, -0.2) is 151 Å². The van der Waals surface area contributed by atoms with E-state index >= 15 is 0 Å². The Morgan fingerprint density at radius 3 is 1.79 bits per heavy atom. The predicted octanol–water partition coefficient (Wildman–Crippen LogP) is 6.39. The molecule has 2 fully saturated rings. The van der Waals surface area contributed by atoms with Crippen LogP contribution in [0.3, 0.4) is 0 Å². The second-order valence-electron chi connectivity index (χ2n) is 21.1. The molecule has 0 aromatic heterocycles. The van der Waals surface area contributed by atoms with Crippen molar-refractivity contribution in [1.29, 1.82) is 0 Å². The summed E-state index contributed by atoms with van der Waals surface area (Å²) < 4.78 is 39.7. The highest BCUT2D eigenvalue weighted by atomic mass is 16.6. The molecule has 384 valence electrons. The Balaban J connectivity index is 1.63. The summed E-state index contributed by atoms with van der Waals surface area (Å²) in [7, 11) is 3.14. The van der Waals surface area contributed by atoms with Crippen molar-refractivity contribution in [2.24, 2.45) is 28.1 Å². The van der Waals surface area contributed by atoms with Crippen molar-refractivity contribution in [3.05, 3.63) is 0 Å². The molecule has 0 bridgehead atoms. The highest BCUT2D eigenvalue weighted by Crippen LogP contribution is 2.41. The Labute approximate surface area is 397 Å². The van der Waals surface area contributed by atoms with Gasteiger partial charge in [0.2, 0.25) is 11.8 Å². The molecule has 0 saturated heterocycles. The van der Waals surface area contributed by atoms with Crippen molar-refractivity contribution in [3.8, 4) is 0 Å². The summed E-state index contributed by atoms with van der Waals surface area (Å²) in [5, 5.41) is 11.5. The molecular formula is C49H91N5O12. The van der Waals surface area contributed by atoms with Gasteiger partial charge in [-0.1, -0.05) is 41.0 Å². The molecule has 0 spiro atoms. The van der Waals surface area contributed by atoms with Crippen molar-refractivity contribution < 1.29 is 57.1 Å². The zero-order valence-corrected chi connectivity index (χ0v) is 43.1. The monoisotopic (exact) mass is 942 g/mol. The third kappa shape index (κ3) is 24.2. The van der Waals surface area contributed by atoms with Gasteiger partial charge in [-0.2, -0.15) is 0 Å². The first-order valence-corrected chi connectivity index (χ1v) is 24.6. The number of hydrogen-bond donors (Lipinski definition) is 4. The molecule has 0 aliphatic heterocycles. The average Bonchev–Trinajstić information content (AvgIpc) is 3.22. The number of alkyl carbamates (subject to hydrolysis) is 2. The van der Waals surface area contributed by atoms with Crippen LogP contribution in [0.15, 0.2) is 0 Å². The van der Waals surface area contributed by atoms with Gasteiger partial charge in [0.15, 0.2) is 0 Å². The van der Waals surface area contributed by atoms with Crippen LogP contribution < -0.4 is 21.3 Å². The number of carbonyl (C=O) groups excluding carboxylic acids is 5. The summed E-state index contributed by atoms with van der Waals surface area (Å²) in [4.78, 5) is 65.0. The fourth-order valence-corrected chi connectivity index (χ4v) is 9.26. The van der Waals surface area contributed by atoms with E-state index in [1.54, 1.807) is 27.9 Å². The van der Waals surface area contributed by atoms with Gasteiger partial charge in [-0.25, -0.2) is 9.59 Å². The first-order chi connectivity index (χ1) is 31.0. The van der Waals surface area contributed by atoms with Crippen LogP contribution in [-0.2, 0) is 47.5 Å². The topological polar surface area (TPSA) is 201 Å². The van der Waals surface area contributed by atoms with Crippen molar-refractivity contribution in [1.82, 2.24) is 26.2 Å². The van der Waals surface area contributed by atoms with Crippen LogP contribution in [0.25, 0.3) is 0 Å². The van der Waals surface area contributed by atoms with Gasteiger partial charge >= 0.3 is 18.2 Å². The minimum atomic E-state index is -1.16. The number of hydrogen-bond acceptors (Lipinski definition) is 13. The fraction of sp³-hybridized carbons (Fsp3) is 0.898. The Bertz CT molecular complexity index is 1460. The molecule has 4 amide bonds. The number of ether oxygens (including phenoxy) is 7. The Morgan fingerprint density at radius 1 is 0.697 bits per heavy atom. The number of esters is 1. The smallest absolute Gasteiger partial charge is 0.407 e. The SMILES string of the molecule is CCC1CC(NC(=O)OC(C)COCC(C)OCC(C)OCC(C)OC(=O)NC2CC(CCC(=O)OCCN(CCCNC(=O)C(C)(C)C(=O)NC)CCOC)CC(C)(C)C2)CC(C)(C)C1. The highest BCUT2D eigenvalue weighted by molar-refractivity contribution is 6.04. The van der Waals surface area contributed by atoms with Gasteiger partial charge in [0.25, 0.3) is 0 Å². The Morgan fingerprint density at radius 2 is 1.21 bits per heavy atom. The van der Waals surface area contributed by atoms with Gasteiger partial charge in [0.1, 0.15) is 24.2 Å². The van der Waals surface area contributed by atoms with E-state index in [0.29, 0.717) is 64.8 Å². The maximum absolute atomic E-state index is 13.0. The van der Waals surface area contributed by atoms with Crippen LogP contribution in [0, 0.1) is 28.1 Å². The maximum atomic E-state index is 13.0. The van der Waals surface area contributed by atoms with Gasteiger partial charge in [-0.05, 0) is 116 Å². The van der Waals surface area contributed by atoms with Gasteiger partial charge in [-0.15, -0.1) is 0 Å². The van der Waals surface area contributed by atoms with Crippen molar-refractivity contribution in [2.45, 2.75) is 177 Å². The molecule has 17 heteroatoms. The van der Waals surface area contributed by atoms with E-state index in [1.165, 1.54) is 13.5 Å². The molecule has 2 saturated carbocycles. The minimum absolute atomic E-state index is 0.0240. The van der Waals surface area contributed by atoms with Crippen molar-refractivity contribution >= 4 is 30.0 Å². The lowest BCUT2D eigenvalue weighted by Crippen LogP contribution is -2.47. The van der Waals surface area contributed by atoms with Crippen LogP contribution in [0.5, 0.6) is 0 Å². The molecule has 8 unspecified atom stereocenters. The van der Waals surface area contributed by atoms with Gasteiger partial charge in [-0.3, -0.25) is 19.3 Å². The molecule has 2 rings (SSSR count). The van der Waals surface area contributed by atoms with E-state index in [2.05, 4.69) is 60.8 Å². The standard InChI is InChI=1S/C49H91N5O12/c1-14-38-24-40(28-47(6,7)26-38)52-45(58)65-36(4)31-61-30-34(2)63-32-35(3)64-33-37(5)66-46(59)53-41-25-39(27-48(8,9)29-41)16-17-42(55)62-23-21-54(20-22-60-13)19-15-18-51-44(57)49(10,11)43(56)50-12/h34-41H,14-33H2,1-13H3,(H,50,56)(H,51,57)(H,52,58)(H,53,59). The average molecular weight is 942 g/mol. The van der Waals surface area contributed by atoms with Gasteiger partial charge in [0, 0.05) is 58.8 Å². The highest BCUT2D eigenvalue weighted by Gasteiger charge is 2.37. The summed E-state index contributed by atoms with van der Waals surface area (Å²) in [6, 6.07) is 0.0355. The van der Waals surface area contributed by atoms with Crippen LogP contribution in [0.2, 0.25) is 0 Å². The molecular weight excluding hydrogens is 851 g/mol. The number of amides is 4. The van der Waals surface area contributed by atoms with E-state index in [4.69, 9.17) is 33.2 Å².